The minimum absolute atomic E-state index is 0.108. The summed E-state index contributed by atoms with van der Waals surface area (Å²) in [4.78, 5) is 19.0. The van der Waals surface area contributed by atoms with Crippen LogP contribution in [-0.4, -0.2) is 30.6 Å². The smallest absolute Gasteiger partial charge is 0.277 e. The summed E-state index contributed by atoms with van der Waals surface area (Å²) in [7, 11) is 1.58. The summed E-state index contributed by atoms with van der Waals surface area (Å²) in [5, 5.41) is 3.52. The molecule has 120 valence electrons. The third kappa shape index (κ3) is 2.99. The molecule has 3 rings (SSSR count). The Morgan fingerprint density at radius 2 is 2.13 bits per heavy atom. The number of benzene rings is 1. The predicted octanol–water partition coefficient (Wildman–Crippen LogP) is 3.19. The Morgan fingerprint density at radius 1 is 1.35 bits per heavy atom. The molecule has 1 aromatic carbocycles. The van der Waals surface area contributed by atoms with Crippen molar-refractivity contribution < 1.29 is 9.53 Å². The lowest BCUT2D eigenvalue weighted by atomic mass is 9.99. The lowest BCUT2D eigenvalue weighted by Gasteiger charge is -2.37. The van der Waals surface area contributed by atoms with Gasteiger partial charge in [0.1, 0.15) is 11.4 Å². The number of pyridine rings is 1. The summed E-state index contributed by atoms with van der Waals surface area (Å²) in [6, 6.07) is 11.5. The van der Waals surface area contributed by atoms with E-state index in [4.69, 9.17) is 4.74 Å². The molecule has 0 radical (unpaired) electrons. The highest BCUT2D eigenvalue weighted by molar-refractivity contribution is 6.07. The quantitative estimate of drug-likeness (QED) is 0.946. The van der Waals surface area contributed by atoms with E-state index in [1.165, 1.54) is 0 Å². The SMILES string of the molecule is COc1ccnc(C(=O)N2C[C@@H](C(C)C)Nc3ccccc32)c1. The number of ether oxygens (including phenoxy) is 1. The van der Waals surface area contributed by atoms with Gasteiger partial charge in [0.2, 0.25) is 0 Å². The number of carbonyl (C=O) groups excluding carboxylic acids is 1. The zero-order valence-corrected chi connectivity index (χ0v) is 13.6. The Hall–Kier alpha value is -2.56. The van der Waals surface area contributed by atoms with Gasteiger partial charge in [-0.05, 0) is 24.1 Å². The first-order chi connectivity index (χ1) is 11.1. The molecule has 1 atom stereocenters. The molecular formula is C18H21N3O2. The maximum absolute atomic E-state index is 13.0. The molecule has 1 aromatic heterocycles. The first-order valence-corrected chi connectivity index (χ1v) is 7.77. The van der Waals surface area contributed by atoms with Crippen LogP contribution in [0.25, 0.3) is 0 Å². The van der Waals surface area contributed by atoms with E-state index >= 15 is 0 Å². The summed E-state index contributed by atoms with van der Waals surface area (Å²) >= 11 is 0. The number of rotatable bonds is 3. The number of amides is 1. The van der Waals surface area contributed by atoms with Crippen LogP contribution < -0.4 is 15.0 Å². The van der Waals surface area contributed by atoms with E-state index in [1.54, 1.807) is 30.3 Å². The molecule has 1 amide bonds. The molecule has 1 aliphatic heterocycles. The van der Waals surface area contributed by atoms with Crippen molar-refractivity contribution >= 4 is 17.3 Å². The number of nitrogens with one attached hydrogen (secondary N) is 1. The van der Waals surface area contributed by atoms with E-state index in [9.17, 15) is 4.79 Å². The third-order valence-electron chi connectivity index (χ3n) is 4.15. The van der Waals surface area contributed by atoms with Gasteiger partial charge in [-0.3, -0.25) is 9.78 Å². The van der Waals surface area contributed by atoms with E-state index in [-0.39, 0.29) is 11.9 Å². The highest BCUT2D eigenvalue weighted by Crippen LogP contribution is 2.33. The first-order valence-electron chi connectivity index (χ1n) is 7.77. The van der Waals surface area contributed by atoms with Crippen molar-refractivity contribution in [2.24, 2.45) is 5.92 Å². The standard InChI is InChI=1S/C18H21N3O2/c1-12(2)16-11-21(17-7-5-4-6-14(17)20-16)18(22)15-10-13(23-3)8-9-19-15/h4-10,12,16,20H,11H2,1-3H3/t16-/m0/s1. The van der Waals surface area contributed by atoms with Gasteiger partial charge < -0.3 is 15.0 Å². The number of aromatic nitrogens is 1. The van der Waals surface area contributed by atoms with E-state index in [0.29, 0.717) is 23.9 Å². The fourth-order valence-corrected chi connectivity index (χ4v) is 2.73. The van der Waals surface area contributed by atoms with Crippen molar-refractivity contribution in [2.45, 2.75) is 19.9 Å². The zero-order chi connectivity index (χ0) is 16.4. The van der Waals surface area contributed by atoms with Crippen LogP contribution in [0, 0.1) is 5.92 Å². The van der Waals surface area contributed by atoms with Crippen LogP contribution in [-0.2, 0) is 0 Å². The van der Waals surface area contributed by atoms with Gasteiger partial charge in [0.05, 0.1) is 18.5 Å². The van der Waals surface area contributed by atoms with Crippen molar-refractivity contribution in [3.63, 3.8) is 0 Å². The predicted molar refractivity (Wildman–Crippen MR) is 91.2 cm³/mol. The Morgan fingerprint density at radius 3 is 2.87 bits per heavy atom. The van der Waals surface area contributed by atoms with Crippen LogP contribution in [0.1, 0.15) is 24.3 Å². The van der Waals surface area contributed by atoms with Crippen molar-refractivity contribution in [2.75, 3.05) is 23.9 Å². The van der Waals surface area contributed by atoms with E-state index in [1.807, 2.05) is 24.3 Å². The minimum Gasteiger partial charge on any atom is -0.497 e. The summed E-state index contributed by atoms with van der Waals surface area (Å²) in [6.07, 6.45) is 1.60. The van der Waals surface area contributed by atoms with Crippen molar-refractivity contribution in [1.29, 1.82) is 0 Å². The molecule has 0 saturated carbocycles. The maximum atomic E-state index is 13.0. The molecule has 0 unspecified atom stereocenters. The van der Waals surface area contributed by atoms with Crippen LogP contribution >= 0.6 is 0 Å². The summed E-state index contributed by atoms with van der Waals surface area (Å²) in [6.45, 7) is 4.92. The Bertz CT molecular complexity index is 715. The summed E-state index contributed by atoms with van der Waals surface area (Å²) in [5.74, 6) is 0.938. The second-order valence-corrected chi connectivity index (χ2v) is 6.01. The Balaban J connectivity index is 1.98. The number of anilines is 2. The first kappa shape index (κ1) is 15.3. The molecule has 1 N–H and O–H groups in total. The number of methoxy groups -OCH3 is 1. The normalized spacial score (nSPS) is 16.7. The molecule has 23 heavy (non-hydrogen) atoms. The van der Waals surface area contributed by atoms with Gasteiger partial charge in [-0.2, -0.15) is 0 Å². The van der Waals surface area contributed by atoms with Gasteiger partial charge in [0, 0.05) is 24.8 Å². The molecule has 0 saturated heterocycles. The lowest BCUT2D eigenvalue weighted by molar-refractivity contribution is 0.0978. The van der Waals surface area contributed by atoms with E-state index < -0.39 is 0 Å². The zero-order valence-electron chi connectivity index (χ0n) is 13.6. The van der Waals surface area contributed by atoms with Crippen LogP contribution in [0.15, 0.2) is 42.6 Å². The summed E-state index contributed by atoms with van der Waals surface area (Å²) in [5.41, 5.74) is 2.26. The highest BCUT2D eigenvalue weighted by Gasteiger charge is 2.30. The largest absolute Gasteiger partial charge is 0.497 e. The fraction of sp³-hybridized carbons (Fsp3) is 0.333. The average Bonchev–Trinajstić information content (AvgIpc) is 2.60. The van der Waals surface area contributed by atoms with Gasteiger partial charge in [0.25, 0.3) is 5.91 Å². The van der Waals surface area contributed by atoms with Crippen LogP contribution in [0.5, 0.6) is 5.75 Å². The number of fused-ring (bicyclic) bond motifs is 1. The van der Waals surface area contributed by atoms with Gasteiger partial charge >= 0.3 is 0 Å². The van der Waals surface area contributed by atoms with Crippen LogP contribution in [0.2, 0.25) is 0 Å². The Kier molecular flexibility index (Phi) is 4.19. The van der Waals surface area contributed by atoms with Gasteiger partial charge in [0.15, 0.2) is 0 Å². The van der Waals surface area contributed by atoms with Crippen molar-refractivity contribution in [1.82, 2.24) is 4.98 Å². The molecule has 0 fully saturated rings. The average molecular weight is 311 g/mol. The topological polar surface area (TPSA) is 54.5 Å². The monoisotopic (exact) mass is 311 g/mol. The number of para-hydroxylation sites is 2. The maximum Gasteiger partial charge on any atom is 0.277 e. The fourth-order valence-electron chi connectivity index (χ4n) is 2.73. The molecule has 0 bridgehead atoms. The molecule has 5 heteroatoms. The van der Waals surface area contributed by atoms with Gasteiger partial charge in [-0.1, -0.05) is 26.0 Å². The molecule has 1 aliphatic rings. The second-order valence-electron chi connectivity index (χ2n) is 6.01. The Labute approximate surface area is 136 Å². The number of nitrogens with zero attached hydrogens (tertiary/aromatic N) is 2. The van der Waals surface area contributed by atoms with Gasteiger partial charge in [-0.15, -0.1) is 0 Å². The molecule has 0 aliphatic carbocycles. The van der Waals surface area contributed by atoms with Crippen LogP contribution in [0.4, 0.5) is 11.4 Å². The third-order valence-corrected chi connectivity index (χ3v) is 4.15. The lowest BCUT2D eigenvalue weighted by Crippen LogP contribution is -2.47. The molecule has 2 aromatic rings. The minimum atomic E-state index is -0.108. The molecule has 5 nitrogen and oxygen atoms in total. The van der Waals surface area contributed by atoms with Crippen molar-refractivity contribution in [3.8, 4) is 5.75 Å². The molecule has 2 heterocycles. The number of carbonyl (C=O) groups is 1. The molecule has 0 spiro atoms. The van der Waals surface area contributed by atoms with E-state index in [2.05, 4.69) is 24.1 Å². The van der Waals surface area contributed by atoms with Crippen molar-refractivity contribution in [3.05, 3.63) is 48.3 Å². The van der Waals surface area contributed by atoms with Crippen LogP contribution in [0.3, 0.4) is 0 Å². The van der Waals surface area contributed by atoms with Gasteiger partial charge in [-0.25, -0.2) is 0 Å². The summed E-state index contributed by atoms with van der Waals surface area (Å²) < 4.78 is 5.20. The molecular weight excluding hydrogens is 290 g/mol. The highest BCUT2D eigenvalue weighted by atomic mass is 16.5. The second kappa shape index (κ2) is 6.28. The number of hydrogen-bond acceptors (Lipinski definition) is 4. The number of hydrogen-bond donors (Lipinski definition) is 1. The van der Waals surface area contributed by atoms with E-state index in [0.717, 1.165) is 11.4 Å².